The summed E-state index contributed by atoms with van der Waals surface area (Å²) >= 11 is 4.34. The Kier molecular flexibility index (Phi) is 6.66. The number of nitrogens with one attached hydrogen (secondary N) is 1. The molecule has 0 saturated heterocycles. The van der Waals surface area contributed by atoms with Crippen LogP contribution >= 0.6 is 12.6 Å². The first-order chi connectivity index (χ1) is 6.54. The van der Waals surface area contributed by atoms with Gasteiger partial charge in [0, 0.05) is 5.25 Å². The normalized spacial score (nSPS) is 18.0. The average molecular weight is 217 g/mol. The lowest BCUT2D eigenvalue weighted by molar-refractivity contribution is -0.139. The monoisotopic (exact) mass is 217 g/mol. The summed E-state index contributed by atoms with van der Waals surface area (Å²) in [6, 6.07) is -0.585. The second-order valence-electron chi connectivity index (χ2n) is 3.38. The van der Waals surface area contributed by atoms with Crippen molar-refractivity contribution in [2.45, 2.75) is 31.6 Å². The largest absolute Gasteiger partial charge is 0.480 e. The first-order valence-corrected chi connectivity index (χ1v) is 5.25. The Morgan fingerprint density at radius 2 is 2.21 bits per heavy atom. The zero-order chi connectivity index (χ0) is 11.1. The molecule has 0 aliphatic rings. The van der Waals surface area contributed by atoms with Crippen LogP contribution in [0.5, 0.6) is 0 Å². The number of carbonyl (C=O) groups is 1. The van der Waals surface area contributed by atoms with Crippen LogP contribution < -0.4 is 5.32 Å². The van der Waals surface area contributed by atoms with Crippen molar-refractivity contribution < 1.29 is 9.90 Å². The molecule has 0 aliphatic heterocycles. The number of hydrogen-bond acceptors (Lipinski definition) is 3. The molecule has 3 nitrogen and oxygen atoms in total. The van der Waals surface area contributed by atoms with Gasteiger partial charge in [0.1, 0.15) is 6.04 Å². The molecule has 14 heavy (non-hydrogen) atoms. The predicted molar refractivity (Wildman–Crippen MR) is 61.9 cm³/mol. The number of allylic oxidation sites excluding steroid dienone is 2. The van der Waals surface area contributed by atoms with Crippen molar-refractivity contribution >= 4 is 18.6 Å². The van der Waals surface area contributed by atoms with Crippen molar-refractivity contribution in [3.8, 4) is 0 Å². The quantitative estimate of drug-likeness (QED) is 0.467. The molecule has 4 heteroatoms. The third-order valence-corrected chi connectivity index (χ3v) is 3.05. The van der Waals surface area contributed by atoms with E-state index in [0.29, 0.717) is 0 Å². The summed E-state index contributed by atoms with van der Waals surface area (Å²) < 4.78 is 0. The molecule has 0 bridgehead atoms. The zero-order valence-electron chi connectivity index (χ0n) is 8.90. The van der Waals surface area contributed by atoms with Gasteiger partial charge in [0.2, 0.25) is 0 Å². The third-order valence-electron chi connectivity index (χ3n) is 2.25. The van der Waals surface area contributed by atoms with E-state index in [1.807, 2.05) is 26.0 Å². The number of hydrogen-bond donors (Lipinski definition) is 3. The number of carboxylic acid groups (broad SMARTS) is 1. The van der Waals surface area contributed by atoms with Gasteiger partial charge in [-0.3, -0.25) is 4.79 Å². The highest BCUT2D eigenvalue weighted by atomic mass is 32.1. The van der Waals surface area contributed by atoms with Crippen molar-refractivity contribution in [3.05, 3.63) is 12.2 Å². The molecule has 3 atom stereocenters. The molecule has 0 rings (SSSR count). The van der Waals surface area contributed by atoms with Crippen LogP contribution in [-0.2, 0) is 4.79 Å². The zero-order valence-corrected chi connectivity index (χ0v) is 9.79. The molecule has 0 fully saturated rings. The molecule has 0 aliphatic carbocycles. The van der Waals surface area contributed by atoms with Crippen LogP contribution in [0.15, 0.2) is 12.2 Å². The maximum absolute atomic E-state index is 10.8. The predicted octanol–water partition coefficient (Wildman–Crippen LogP) is 1.56. The van der Waals surface area contributed by atoms with Gasteiger partial charge in [-0.2, -0.15) is 12.6 Å². The van der Waals surface area contributed by atoms with Crippen LogP contribution in [0.4, 0.5) is 0 Å². The smallest absolute Gasteiger partial charge is 0.321 e. The molecule has 82 valence electrons. The summed E-state index contributed by atoms with van der Waals surface area (Å²) in [6.07, 6.45) is 4.85. The second kappa shape index (κ2) is 6.90. The van der Waals surface area contributed by atoms with Crippen molar-refractivity contribution in [2.24, 2.45) is 5.92 Å². The molecule has 0 aromatic rings. The average Bonchev–Trinajstić information content (AvgIpc) is 2.14. The van der Waals surface area contributed by atoms with E-state index in [2.05, 4.69) is 17.9 Å². The Hall–Kier alpha value is -0.480. The van der Waals surface area contributed by atoms with E-state index < -0.39 is 12.0 Å². The van der Waals surface area contributed by atoms with Gasteiger partial charge in [0.05, 0.1) is 0 Å². The van der Waals surface area contributed by atoms with Gasteiger partial charge in [-0.25, -0.2) is 0 Å². The highest BCUT2D eigenvalue weighted by Crippen LogP contribution is 2.18. The summed E-state index contributed by atoms with van der Waals surface area (Å²) in [7, 11) is 1.64. The van der Waals surface area contributed by atoms with Gasteiger partial charge >= 0.3 is 5.97 Å². The summed E-state index contributed by atoms with van der Waals surface area (Å²) in [5, 5.41) is 11.5. The summed E-state index contributed by atoms with van der Waals surface area (Å²) in [5.41, 5.74) is 0. The lowest BCUT2D eigenvalue weighted by Gasteiger charge is -2.23. The summed E-state index contributed by atoms with van der Waals surface area (Å²) in [6.45, 7) is 3.96. The number of rotatable bonds is 6. The Bertz CT molecular complexity index is 206. The highest BCUT2D eigenvalue weighted by Gasteiger charge is 2.27. The molecule has 0 saturated carbocycles. The van der Waals surface area contributed by atoms with Crippen molar-refractivity contribution in [1.82, 2.24) is 5.32 Å². The fourth-order valence-corrected chi connectivity index (χ4v) is 1.66. The number of thiol groups is 1. The van der Waals surface area contributed by atoms with E-state index in [4.69, 9.17) is 5.11 Å². The number of likely N-dealkylation sites (N-methyl/N-ethyl adjacent to an activating group) is 1. The molecule has 0 radical (unpaired) electrons. The lowest BCUT2D eigenvalue weighted by atomic mass is 9.97. The minimum atomic E-state index is -0.847. The third kappa shape index (κ3) is 4.15. The fraction of sp³-hybridized carbons (Fsp3) is 0.700. The SMILES string of the molecule is CC=CCC(C)C(S)C(NC)C(=O)O. The summed E-state index contributed by atoms with van der Waals surface area (Å²) in [5.74, 6) is -0.608. The molecule has 0 amide bonds. The fourth-order valence-electron chi connectivity index (χ4n) is 1.26. The van der Waals surface area contributed by atoms with Gasteiger partial charge in [0.15, 0.2) is 0 Å². The highest BCUT2D eigenvalue weighted by molar-refractivity contribution is 7.81. The van der Waals surface area contributed by atoms with Gasteiger partial charge in [-0.1, -0.05) is 19.1 Å². The lowest BCUT2D eigenvalue weighted by Crippen LogP contribution is -2.44. The van der Waals surface area contributed by atoms with Crippen LogP contribution in [0.1, 0.15) is 20.3 Å². The molecule has 2 N–H and O–H groups in total. The first-order valence-electron chi connectivity index (χ1n) is 4.73. The van der Waals surface area contributed by atoms with Gasteiger partial charge in [-0.15, -0.1) is 0 Å². The van der Waals surface area contributed by atoms with E-state index in [1.54, 1.807) is 7.05 Å². The van der Waals surface area contributed by atoms with Crippen LogP contribution in [0.3, 0.4) is 0 Å². The van der Waals surface area contributed by atoms with E-state index >= 15 is 0 Å². The number of aliphatic carboxylic acids is 1. The van der Waals surface area contributed by atoms with Crippen molar-refractivity contribution in [2.75, 3.05) is 7.05 Å². The minimum Gasteiger partial charge on any atom is -0.480 e. The Morgan fingerprint density at radius 1 is 1.64 bits per heavy atom. The van der Waals surface area contributed by atoms with E-state index in [9.17, 15) is 4.79 Å². The minimum absolute atomic E-state index is 0.173. The molecule has 0 spiro atoms. The topological polar surface area (TPSA) is 49.3 Å². The molecule has 0 heterocycles. The second-order valence-corrected chi connectivity index (χ2v) is 3.97. The van der Waals surface area contributed by atoms with Crippen molar-refractivity contribution in [1.29, 1.82) is 0 Å². The van der Waals surface area contributed by atoms with Crippen LogP contribution in [-0.4, -0.2) is 29.4 Å². The maximum Gasteiger partial charge on any atom is 0.321 e. The molecular weight excluding hydrogens is 198 g/mol. The molecule has 0 aromatic carbocycles. The Balaban J connectivity index is 4.26. The van der Waals surface area contributed by atoms with Crippen LogP contribution in [0, 0.1) is 5.92 Å². The Labute approximate surface area is 91.0 Å². The van der Waals surface area contributed by atoms with Gasteiger partial charge in [0.25, 0.3) is 0 Å². The Morgan fingerprint density at radius 3 is 2.57 bits per heavy atom. The van der Waals surface area contributed by atoms with E-state index in [0.717, 1.165) is 6.42 Å². The standard InChI is InChI=1S/C10H19NO2S/c1-4-5-6-7(2)9(14)8(11-3)10(12)13/h4-5,7-9,11,14H,6H2,1-3H3,(H,12,13). The molecule has 3 unspecified atom stereocenters. The van der Waals surface area contributed by atoms with E-state index in [1.165, 1.54) is 0 Å². The molecular formula is C10H19NO2S. The number of carboxylic acids is 1. The van der Waals surface area contributed by atoms with E-state index in [-0.39, 0.29) is 11.2 Å². The molecule has 0 aromatic heterocycles. The van der Waals surface area contributed by atoms with Crippen LogP contribution in [0.25, 0.3) is 0 Å². The summed E-state index contributed by atoms with van der Waals surface area (Å²) in [4.78, 5) is 10.8. The first kappa shape index (κ1) is 13.5. The maximum atomic E-state index is 10.8. The van der Waals surface area contributed by atoms with Crippen LogP contribution in [0.2, 0.25) is 0 Å². The van der Waals surface area contributed by atoms with Gasteiger partial charge in [-0.05, 0) is 26.3 Å². The van der Waals surface area contributed by atoms with Gasteiger partial charge < -0.3 is 10.4 Å². The van der Waals surface area contributed by atoms with Crippen molar-refractivity contribution in [3.63, 3.8) is 0 Å².